The van der Waals surface area contributed by atoms with Gasteiger partial charge in [0.25, 0.3) is 20.2 Å². The van der Waals surface area contributed by atoms with Crippen LogP contribution in [0.1, 0.15) is 11.1 Å². The zero-order chi connectivity index (χ0) is 21.1. The highest BCUT2D eigenvalue weighted by molar-refractivity contribution is 7.86. The van der Waals surface area contributed by atoms with Crippen LogP contribution in [0.2, 0.25) is 0 Å². The van der Waals surface area contributed by atoms with Gasteiger partial charge in [-0.05, 0) is 36.4 Å². The molecule has 0 atom stereocenters. The Balaban J connectivity index is 2.03. The van der Waals surface area contributed by atoms with Gasteiger partial charge in [0.15, 0.2) is 0 Å². The highest BCUT2D eigenvalue weighted by Gasteiger charge is 2.15. The first-order valence-corrected chi connectivity index (χ1v) is 10.4. The Morgan fingerprint density at radius 3 is 1.43 bits per heavy atom. The summed E-state index contributed by atoms with van der Waals surface area (Å²) < 4.78 is 62.5. The monoisotopic (exact) mass is 432 g/mol. The molecule has 13 heteroatoms. The predicted octanol–water partition coefficient (Wildman–Crippen LogP) is 0.591. The van der Waals surface area contributed by atoms with Crippen molar-refractivity contribution in [3.63, 3.8) is 0 Å². The number of urea groups is 1. The Labute approximate surface area is 160 Å². The number of aromatic hydroxyl groups is 2. The molecule has 6 N–H and O–H groups in total. The van der Waals surface area contributed by atoms with Gasteiger partial charge in [0, 0.05) is 24.2 Å². The number of amides is 2. The summed E-state index contributed by atoms with van der Waals surface area (Å²) in [5, 5.41) is 24.0. The number of hydrogen-bond donors (Lipinski definition) is 6. The molecule has 11 nitrogen and oxygen atoms in total. The van der Waals surface area contributed by atoms with Crippen LogP contribution in [0.3, 0.4) is 0 Å². The van der Waals surface area contributed by atoms with Crippen LogP contribution in [-0.2, 0) is 33.3 Å². The second-order valence-corrected chi connectivity index (χ2v) is 8.41. The Bertz CT molecular complexity index is 1020. The van der Waals surface area contributed by atoms with E-state index in [4.69, 9.17) is 9.11 Å². The molecule has 0 aliphatic carbocycles. The Kier molecular flexibility index (Phi) is 6.14. The van der Waals surface area contributed by atoms with Crippen molar-refractivity contribution in [1.29, 1.82) is 0 Å². The van der Waals surface area contributed by atoms with E-state index >= 15 is 0 Å². The Morgan fingerprint density at radius 2 is 1.11 bits per heavy atom. The average Bonchev–Trinajstić information content (AvgIpc) is 2.58. The summed E-state index contributed by atoms with van der Waals surface area (Å²) in [4.78, 5) is 10.9. The minimum atomic E-state index is -4.48. The number of phenolic OH excluding ortho intramolecular Hbond substituents is 2. The van der Waals surface area contributed by atoms with Crippen molar-refractivity contribution in [2.45, 2.75) is 22.9 Å². The van der Waals surface area contributed by atoms with E-state index < -0.39 is 36.1 Å². The lowest BCUT2D eigenvalue weighted by atomic mass is 10.2. The number of phenols is 2. The van der Waals surface area contributed by atoms with Crippen molar-refractivity contribution < 1.29 is 40.9 Å². The average molecular weight is 432 g/mol. The van der Waals surface area contributed by atoms with Gasteiger partial charge in [-0.15, -0.1) is 0 Å². The Hall–Kier alpha value is -2.87. The summed E-state index contributed by atoms with van der Waals surface area (Å²) in [6, 6.07) is 5.22. The molecule has 0 aromatic heterocycles. The zero-order valence-electron chi connectivity index (χ0n) is 14.0. The largest absolute Gasteiger partial charge is 0.508 e. The van der Waals surface area contributed by atoms with Crippen molar-refractivity contribution in [2.75, 3.05) is 0 Å². The molecule has 2 rings (SSSR count). The lowest BCUT2D eigenvalue weighted by molar-refractivity contribution is 0.240. The van der Waals surface area contributed by atoms with Crippen molar-refractivity contribution in [1.82, 2.24) is 10.6 Å². The number of rotatable bonds is 6. The minimum Gasteiger partial charge on any atom is -0.508 e. The van der Waals surface area contributed by atoms with Gasteiger partial charge in [-0.1, -0.05) is 0 Å². The van der Waals surface area contributed by atoms with E-state index in [2.05, 4.69) is 10.6 Å². The smallest absolute Gasteiger partial charge is 0.315 e. The summed E-state index contributed by atoms with van der Waals surface area (Å²) in [6.45, 7) is -0.587. The van der Waals surface area contributed by atoms with Crippen molar-refractivity contribution >= 4 is 26.3 Å². The fourth-order valence-corrected chi connectivity index (χ4v) is 3.20. The molecular formula is C15H16N2O9S2. The van der Waals surface area contributed by atoms with E-state index in [0.29, 0.717) is 0 Å². The highest BCUT2D eigenvalue weighted by Crippen LogP contribution is 2.22. The molecule has 0 aliphatic rings. The van der Waals surface area contributed by atoms with Crippen LogP contribution in [-0.4, -0.2) is 42.2 Å². The van der Waals surface area contributed by atoms with Crippen molar-refractivity contribution in [2.24, 2.45) is 0 Å². The number of carbonyl (C=O) groups is 1. The molecule has 0 spiro atoms. The third-order valence-corrected chi connectivity index (χ3v) is 5.28. The van der Waals surface area contributed by atoms with Gasteiger partial charge in [-0.2, -0.15) is 16.8 Å². The molecule has 0 saturated heterocycles. The number of nitrogens with one attached hydrogen (secondary N) is 2. The fourth-order valence-electron chi connectivity index (χ4n) is 2.14. The van der Waals surface area contributed by atoms with Gasteiger partial charge >= 0.3 is 6.03 Å². The molecule has 2 aromatic carbocycles. The van der Waals surface area contributed by atoms with E-state index in [0.717, 1.165) is 36.4 Å². The van der Waals surface area contributed by atoms with Crippen molar-refractivity contribution in [3.05, 3.63) is 47.5 Å². The lowest BCUT2D eigenvalue weighted by Gasteiger charge is -2.11. The standard InChI is InChI=1S/C15H16N2O9S2/c18-13-3-1-11(27(21,22)23)5-9(13)7-16-15(20)17-8-10-6-12(28(24,25)26)2-4-14(10)19/h1-6,18-19H,7-8H2,(H2,16,17,20)(H,21,22,23)(H,24,25,26). The van der Waals surface area contributed by atoms with Crippen molar-refractivity contribution in [3.8, 4) is 11.5 Å². The molecule has 0 unspecified atom stereocenters. The third kappa shape index (κ3) is 5.56. The first kappa shape index (κ1) is 21.4. The predicted molar refractivity (Wildman–Crippen MR) is 94.9 cm³/mol. The van der Waals surface area contributed by atoms with Gasteiger partial charge in [0.05, 0.1) is 9.79 Å². The van der Waals surface area contributed by atoms with Crippen LogP contribution in [0.5, 0.6) is 11.5 Å². The highest BCUT2D eigenvalue weighted by atomic mass is 32.2. The topological polar surface area (TPSA) is 190 Å². The Morgan fingerprint density at radius 1 is 0.750 bits per heavy atom. The van der Waals surface area contributed by atoms with Crippen LogP contribution in [0.25, 0.3) is 0 Å². The molecule has 0 saturated carbocycles. The quantitative estimate of drug-likeness (QED) is 0.355. The van der Waals surface area contributed by atoms with Crippen LogP contribution < -0.4 is 10.6 Å². The second kappa shape index (κ2) is 8.02. The van der Waals surface area contributed by atoms with E-state index in [9.17, 15) is 31.8 Å². The van der Waals surface area contributed by atoms with Crippen LogP contribution in [0, 0.1) is 0 Å². The summed E-state index contributed by atoms with van der Waals surface area (Å²) >= 11 is 0. The fraction of sp³-hybridized carbons (Fsp3) is 0.133. The molecule has 0 bridgehead atoms. The summed E-state index contributed by atoms with van der Waals surface area (Å²) in [7, 11) is -8.97. The molecular weight excluding hydrogens is 416 g/mol. The second-order valence-electron chi connectivity index (χ2n) is 5.57. The first-order valence-electron chi connectivity index (χ1n) is 7.48. The first-order chi connectivity index (χ1) is 12.9. The molecule has 0 fully saturated rings. The summed E-state index contributed by atoms with van der Waals surface area (Å²) in [5.74, 6) is -0.627. The molecule has 0 aliphatic heterocycles. The van der Waals surface area contributed by atoms with Crippen LogP contribution >= 0.6 is 0 Å². The number of carbonyl (C=O) groups excluding carboxylic acids is 1. The molecule has 0 heterocycles. The number of hydrogen-bond acceptors (Lipinski definition) is 7. The zero-order valence-corrected chi connectivity index (χ0v) is 15.7. The van der Waals surface area contributed by atoms with Gasteiger partial charge in [0.2, 0.25) is 0 Å². The lowest BCUT2D eigenvalue weighted by Crippen LogP contribution is -2.34. The molecule has 152 valence electrons. The molecule has 2 aromatic rings. The normalized spacial score (nSPS) is 11.8. The maximum Gasteiger partial charge on any atom is 0.315 e. The van der Waals surface area contributed by atoms with Gasteiger partial charge in [0.1, 0.15) is 11.5 Å². The SMILES string of the molecule is O=C(NCc1cc(S(=O)(=O)O)ccc1O)NCc1cc(S(=O)(=O)O)ccc1O. The minimum absolute atomic E-state index is 0.0153. The van der Waals surface area contributed by atoms with E-state index in [1.807, 2.05) is 0 Å². The molecule has 0 radical (unpaired) electrons. The van der Waals surface area contributed by atoms with E-state index in [1.165, 1.54) is 0 Å². The van der Waals surface area contributed by atoms with Gasteiger partial charge in [-0.25, -0.2) is 4.79 Å². The molecule has 28 heavy (non-hydrogen) atoms. The summed E-state index contributed by atoms with van der Waals surface area (Å²) in [6.07, 6.45) is 0. The maximum absolute atomic E-state index is 11.9. The van der Waals surface area contributed by atoms with Gasteiger partial charge < -0.3 is 20.8 Å². The van der Waals surface area contributed by atoms with E-state index in [1.54, 1.807) is 0 Å². The summed E-state index contributed by atoms with van der Waals surface area (Å²) in [5.41, 5.74) is 0.0305. The van der Waals surface area contributed by atoms with E-state index in [-0.39, 0.29) is 35.7 Å². The third-order valence-electron chi connectivity index (χ3n) is 3.58. The maximum atomic E-state index is 11.9. The van der Waals surface area contributed by atoms with Gasteiger partial charge in [-0.3, -0.25) is 9.11 Å². The number of benzene rings is 2. The van der Waals surface area contributed by atoms with Crippen LogP contribution in [0.15, 0.2) is 46.2 Å². The van der Waals surface area contributed by atoms with Crippen LogP contribution in [0.4, 0.5) is 4.79 Å². The molecule has 2 amide bonds.